The lowest BCUT2D eigenvalue weighted by Crippen LogP contribution is -2.34. The minimum absolute atomic E-state index is 0.375. The molecule has 2 aromatic carbocycles. The predicted molar refractivity (Wildman–Crippen MR) is 124 cm³/mol. The number of ether oxygens (including phenoxy) is 1. The van der Waals surface area contributed by atoms with Gasteiger partial charge in [0.05, 0.1) is 10.2 Å². The van der Waals surface area contributed by atoms with E-state index >= 15 is 0 Å². The minimum atomic E-state index is -1.64. The quantitative estimate of drug-likeness (QED) is 0.442. The molecule has 0 unspecified atom stereocenters. The Kier molecular flexibility index (Phi) is 5.74. The normalized spacial score (nSPS) is 12.1. The van der Waals surface area contributed by atoms with Gasteiger partial charge in [-0.05, 0) is 82.9 Å². The van der Waals surface area contributed by atoms with Gasteiger partial charge in [0.1, 0.15) is 16.4 Å². The average Bonchev–Trinajstić information content (AvgIpc) is 3.01. The molecule has 0 spiro atoms. The zero-order valence-electron chi connectivity index (χ0n) is 18.1. The first-order valence-electron chi connectivity index (χ1n) is 9.58. The lowest BCUT2D eigenvalue weighted by atomic mass is 10.2. The maximum atomic E-state index is 12.2. The second-order valence-corrected chi connectivity index (χ2v) is 14.4. The molecule has 0 fully saturated rings. The van der Waals surface area contributed by atoms with Crippen LogP contribution in [0.2, 0.25) is 19.6 Å². The van der Waals surface area contributed by atoms with Crippen LogP contribution in [-0.2, 0) is 4.74 Å². The van der Waals surface area contributed by atoms with Crippen LogP contribution < -0.4 is 9.33 Å². The lowest BCUT2D eigenvalue weighted by molar-refractivity contribution is 0.0589. The first kappa shape index (κ1) is 21.3. The fraction of sp³-hybridized carbons (Fsp3) is 0.364. The van der Waals surface area contributed by atoms with Gasteiger partial charge in [0.2, 0.25) is 8.32 Å². The van der Waals surface area contributed by atoms with Crippen molar-refractivity contribution in [1.82, 2.24) is 4.98 Å². The van der Waals surface area contributed by atoms with Gasteiger partial charge in [-0.3, -0.25) is 4.90 Å². The zero-order chi connectivity index (χ0) is 21.4. The molecule has 5 nitrogen and oxygen atoms in total. The average molecular weight is 429 g/mol. The van der Waals surface area contributed by atoms with E-state index in [1.165, 1.54) is 4.90 Å². The molecule has 3 aromatic rings. The van der Waals surface area contributed by atoms with Crippen LogP contribution in [0.5, 0.6) is 5.75 Å². The largest absolute Gasteiger partial charge is 0.544 e. The number of hydrogen-bond donors (Lipinski definition) is 0. The van der Waals surface area contributed by atoms with E-state index in [1.807, 2.05) is 57.2 Å². The summed E-state index contributed by atoms with van der Waals surface area (Å²) in [6, 6.07) is 13.8. The number of carbonyl (C=O) groups is 1. The molecule has 0 N–H and O–H groups in total. The van der Waals surface area contributed by atoms with Crippen molar-refractivity contribution in [2.24, 2.45) is 0 Å². The van der Waals surface area contributed by atoms with Gasteiger partial charge < -0.3 is 9.16 Å². The van der Waals surface area contributed by atoms with E-state index in [0.29, 0.717) is 0 Å². The van der Waals surface area contributed by atoms with Gasteiger partial charge in [0, 0.05) is 18.3 Å². The summed E-state index contributed by atoms with van der Waals surface area (Å²) in [5.74, 6) is 0.904. The molecule has 1 amide bonds. The maximum absolute atomic E-state index is 12.2. The highest BCUT2D eigenvalue weighted by Gasteiger charge is 2.21. The number of carbonyl (C=O) groups excluding carboxylic acids is 1. The van der Waals surface area contributed by atoms with Gasteiger partial charge in [-0.1, -0.05) is 0 Å². The lowest BCUT2D eigenvalue weighted by Gasteiger charge is -2.24. The third-order valence-corrected chi connectivity index (χ3v) is 5.87. The summed E-state index contributed by atoms with van der Waals surface area (Å²) in [6.45, 7) is 12.1. The SMILES string of the molecule is CN(C(=O)OC(C)(C)C)c1ccc(-c2nc3ccc(O[Si](C)(C)C)cc3s2)cc1. The number of anilines is 1. The molecule has 3 rings (SSSR count). The number of amides is 1. The standard InChI is InChI=1S/C22H28N2O3SSi/c1-22(2,3)26-21(25)24(4)16-10-8-15(9-11-16)20-23-18-13-12-17(14-19(18)28-20)27-29(5,6)7/h8-14H,1-7H3. The molecule has 0 aliphatic rings. The highest BCUT2D eigenvalue weighted by Crippen LogP contribution is 2.33. The molecule has 154 valence electrons. The van der Waals surface area contributed by atoms with Crippen LogP contribution in [0.1, 0.15) is 20.8 Å². The van der Waals surface area contributed by atoms with Crippen molar-refractivity contribution >= 4 is 41.7 Å². The minimum Gasteiger partial charge on any atom is -0.544 e. The van der Waals surface area contributed by atoms with Gasteiger partial charge in [-0.25, -0.2) is 9.78 Å². The van der Waals surface area contributed by atoms with Crippen molar-refractivity contribution in [3.63, 3.8) is 0 Å². The smallest absolute Gasteiger partial charge is 0.414 e. The van der Waals surface area contributed by atoms with Crippen LogP contribution in [0.4, 0.5) is 10.5 Å². The summed E-state index contributed by atoms with van der Waals surface area (Å²) in [6.07, 6.45) is -0.375. The van der Waals surface area contributed by atoms with E-state index in [2.05, 4.69) is 25.7 Å². The van der Waals surface area contributed by atoms with Gasteiger partial charge in [-0.2, -0.15) is 0 Å². The van der Waals surface area contributed by atoms with E-state index in [1.54, 1.807) is 18.4 Å². The van der Waals surface area contributed by atoms with Crippen molar-refractivity contribution in [2.45, 2.75) is 46.0 Å². The molecule has 0 saturated heterocycles. The third kappa shape index (κ3) is 5.58. The molecule has 1 heterocycles. The van der Waals surface area contributed by atoms with E-state index < -0.39 is 13.9 Å². The summed E-state index contributed by atoms with van der Waals surface area (Å²) in [4.78, 5) is 18.5. The summed E-state index contributed by atoms with van der Waals surface area (Å²) >= 11 is 1.64. The van der Waals surface area contributed by atoms with Crippen LogP contribution in [0.3, 0.4) is 0 Å². The second-order valence-electron chi connectivity index (χ2n) is 8.95. The molecular weight excluding hydrogens is 400 g/mol. The Morgan fingerprint density at radius 1 is 1.07 bits per heavy atom. The van der Waals surface area contributed by atoms with Crippen LogP contribution in [-0.4, -0.2) is 32.0 Å². The fourth-order valence-corrected chi connectivity index (χ4v) is 4.54. The molecule has 1 aromatic heterocycles. The van der Waals surface area contributed by atoms with Crippen LogP contribution in [0.25, 0.3) is 20.8 Å². The Morgan fingerprint density at radius 3 is 2.31 bits per heavy atom. The number of hydrogen-bond acceptors (Lipinski definition) is 5. The highest BCUT2D eigenvalue weighted by molar-refractivity contribution is 7.21. The Morgan fingerprint density at radius 2 is 1.72 bits per heavy atom. The summed E-state index contributed by atoms with van der Waals surface area (Å²) in [5.41, 5.74) is 2.22. The van der Waals surface area contributed by atoms with E-state index in [0.717, 1.165) is 32.2 Å². The van der Waals surface area contributed by atoms with Crippen molar-refractivity contribution in [2.75, 3.05) is 11.9 Å². The van der Waals surface area contributed by atoms with Gasteiger partial charge in [0.15, 0.2) is 0 Å². The second kappa shape index (κ2) is 7.80. The third-order valence-electron chi connectivity index (χ3n) is 3.95. The van der Waals surface area contributed by atoms with Crippen molar-refractivity contribution in [3.8, 4) is 16.3 Å². The van der Waals surface area contributed by atoms with Crippen LogP contribution >= 0.6 is 11.3 Å². The van der Waals surface area contributed by atoms with Crippen molar-refractivity contribution < 1.29 is 14.0 Å². The molecule has 0 radical (unpaired) electrons. The molecule has 7 heteroatoms. The van der Waals surface area contributed by atoms with Gasteiger partial charge in [-0.15, -0.1) is 11.3 Å². The van der Waals surface area contributed by atoms with E-state index in [-0.39, 0.29) is 6.09 Å². The molecule has 0 atom stereocenters. The first-order valence-corrected chi connectivity index (χ1v) is 13.8. The summed E-state index contributed by atoms with van der Waals surface area (Å²) in [7, 11) is 0.0668. The number of nitrogens with zero attached hydrogens (tertiary/aromatic N) is 2. The number of rotatable bonds is 4. The van der Waals surface area contributed by atoms with Gasteiger partial charge in [0.25, 0.3) is 0 Å². The fourth-order valence-electron chi connectivity index (χ4n) is 2.71. The van der Waals surface area contributed by atoms with Crippen molar-refractivity contribution in [3.05, 3.63) is 42.5 Å². The number of thiazole rings is 1. The van der Waals surface area contributed by atoms with Crippen LogP contribution in [0, 0.1) is 0 Å². The Balaban J connectivity index is 1.80. The Hall–Kier alpha value is -2.38. The van der Waals surface area contributed by atoms with E-state index in [4.69, 9.17) is 14.1 Å². The molecule has 0 saturated carbocycles. The predicted octanol–water partition coefficient (Wildman–Crippen LogP) is 6.55. The summed E-state index contributed by atoms with van der Waals surface area (Å²) < 4.78 is 12.6. The van der Waals surface area contributed by atoms with Crippen LogP contribution in [0.15, 0.2) is 42.5 Å². The monoisotopic (exact) mass is 428 g/mol. The number of benzene rings is 2. The highest BCUT2D eigenvalue weighted by atomic mass is 32.1. The summed E-state index contributed by atoms with van der Waals surface area (Å²) in [5, 5.41) is 0.941. The van der Waals surface area contributed by atoms with E-state index in [9.17, 15) is 4.79 Å². The topological polar surface area (TPSA) is 51.7 Å². The molecule has 0 bridgehead atoms. The maximum Gasteiger partial charge on any atom is 0.414 e. The molecule has 29 heavy (non-hydrogen) atoms. The van der Waals surface area contributed by atoms with Crippen molar-refractivity contribution in [1.29, 1.82) is 0 Å². The van der Waals surface area contributed by atoms with Gasteiger partial charge >= 0.3 is 6.09 Å². The Labute approximate surface area is 177 Å². The number of aromatic nitrogens is 1. The molecule has 0 aliphatic heterocycles. The Bertz CT molecular complexity index is 1020. The zero-order valence-corrected chi connectivity index (χ0v) is 19.9. The molecular formula is C22H28N2O3SSi. The molecule has 0 aliphatic carbocycles. The first-order chi connectivity index (χ1) is 13.4. The number of fused-ring (bicyclic) bond motifs is 1.